The van der Waals surface area contributed by atoms with Crippen LogP contribution in [0.5, 0.6) is 5.75 Å². The summed E-state index contributed by atoms with van der Waals surface area (Å²) in [6.45, 7) is 0. The first-order chi connectivity index (χ1) is 7.58. The third-order valence-corrected chi connectivity index (χ3v) is 2.07. The summed E-state index contributed by atoms with van der Waals surface area (Å²) in [5.41, 5.74) is -1.13. The number of nitro groups is 1. The third kappa shape index (κ3) is 2.08. The Bertz CT molecular complexity index is 455. The van der Waals surface area contributed by atoms with Gasteiger partial charge in [-0.1, -0.05) is 0 Å². The average Bonchev–Trinajstić information content (AvgIpc) is 3.01. The van der Waals surface area contributed by atoms with Crippen LogP contribution in [0.4, 0.5) is 5.69 Å². The Morgan fingerprint density at radius 3 is 2.81 bits per heavy atom. The molecule has 1 fully saturated rings. The first-order valence-corrected chi connectivity index (χ1v) is 4.62. The number of aromatic carboxylic acids is 1. The van der Waals surface area contributed by atoms with Crippen molar-refractivity contribution < 1.29 is 19.6 Å². The molecule has 1 aliphatic rings. The van der Waals surface area contributed by atoms with E-state index in [1.165, 1.54) is 6.20 Å². The molecule has 7 heteroatoms. The molecular weight excluding hydrogens is 216 g/mol. The fourth-order valence-electron chi connectivity index (χ4n) is 1.18. The summed E-state index contributed by atoms with van der Waals surface area (Å²) in [7, 11) is 0. The minimum absolute atomic E-state index is 0.0806. The predicted molar refractivity (Wildman–Crippen MR) is 51.5 cm³/mol. The van der Waals surface area contributed by atoms with Gasteiger partial charge in [0.1, 0.15) is 5.75 Å². The van der Waals surface area contributed by atoms with Crippen molar-refractivity contribution in [3.8, 4) is 5.75 Å². The maximum Gasteiger partial charge on any atom is 0.361 e. The summed E-state index contributed by atoms with van der Waals surface area (Å²) in [5, 5.41) is 19.3. The van der Waals surface area contributed by atoms with Gasteiger partial charge in [0.25, 0.3) is 0 Å². The lowest BCUT2D eigenvalue weighted by Gasteiger charge is -2.04. The van der Waals surface area contributed by atoms with E-state index in [4.69, 9.17) is 9.84 Å². The molecule has 0 saturated heterocycles. The molecule has 1 N–H and O–H groups in total. The fourth-order valence-corrected chi connectivity index (χ4v) is 1.18. The Balaban J connectivity index is 2.34. The Kier molecular flexibility index (Phi) is 2.43. The highest BCUT2D eigenvalue weighted by molar-refractivity contribution is 5.90. The highest BCUT2D eigenvalue weighted by atomic mass is 16.6. The molecule has 1 saturated carbocycles. The monoisotopic (exact) mass is 224 g/mol. The summed E-state index contributed by atoms with van der Waals surface area (Å²) in [6, 6.07) is 1.09. The van der Waals surface area contributed by atoms with Gasteiger partial charge in [0.15, 0.2) is 0 Å². The van der Waals surface area contributed by atoms with Gasteiger partial charge in [-0.2, -0.15) is 0 Å². The largest absolute Gasteiger partial charge is 0.489 e. The number of nitrogens with zero attached hydrogens (tertiary/aromatic N) is 2. The molecular formula is C9H8N2O5. The van der Waals surface area contributed by atoms with Crippen LogP contribution in [0, 0.1) is 10.1 Å². The van der Waals surface area contributed by atoms with Crippen molar-refractivity contribution in [1.82, 2.24) is 4.98 Å². The molecule has 1 heterocycles. The highest BCUT2D eigenvalue weighted by Gasteiger charge is 2.27. The first-order valence-electron chi connectivity index (χ1n) is 4.62. The van der Waals surface area contributed by atoms with E-state index in [9.17, 15) is 14.9 Å². The Morgan fingerprint density at radius 2 is 2.31 bits per heavy atom. The van der Waals surface area contributed by atoms with Gasteiger partial charge in [0.05, 0.1) is 23.3 Å². The Labute approximate surface area is 89.8 Å². The van der Waals surface area contributed by atoms with Gasteiger partial charge >= 0.3 is 11.7 Å². The lowest BCUT2D eigenvalue weighted by atomic mass is 10.3. The normalized spacial score (nSPS) is 14.5. The number of ether oxygens (including phenoxy) is 1. The van der Waals surface area contributed by atoms with Crippen LogP contribution in [-0.2, 0) is 0 Å². The topological polar surface area (TPSA) is 103 Å². The van der Waals surface area contributed by atoms with E-state index in [-0.39, 0.29) is 11.9 Å². The van der Waals surface area contributed by atoms with Crippen molar-refractivity contribution in [1.29, 1.82) is 0 Å². The standard InChI is InChI=1S/C9H8N2O5/c12-9(13)8-7(11(14)15)3-6(4-10-8)16-5-1-2-5/h3-5H,1-2H2,(H,12,13). The lowest BCUT2D eigenvalue weighted by molar-refractivity contribution is -0.385. The number of carboxylic acids is 1. The van der Waals surface area contributed by atoms with Crippen molar-refractivity contribution in [3.05, 3.63) is 28.1 Å². The Hall–Kier alpha value is -2.18. The third-order valence-electron chi connectivity index (χ3n) is 2.07. The zero-order valence-electron chi connectivity index (χ0n) is 8.12. The molecule has 0 bridgehead atoms. The van der Waals surface area contributed by atoms with Gasteiger partial charge in [-0.05, 0) is 12.8 Å². The van der Waals surface area contributed by atoms with E-state index >= 15 is 0 Å². The van der Waals surface area contributed by atoms with E-state index in [1.54, 1.807) is 0 Å². The maximum absolute atomic E-state index is 10.7. The quantitative estimate of drug-likeness (QED) is 0.609. The molecule has 7 nitrogen and oxygen atoms in total. The van der Waals surface area contributed by atoms with Gasteiger partial charge < -0.3 is 9.84 Å². The molecule has 0 radical (unpaired) electrons. The van der Waals surface area contributed by atoms with Crippen LogP contribution in [0.3, 0.4) is 0 Å². The number of carboxylic acid groups (broad SMARTS) is 1. The summed E-state index contributed by atoms with van der Waals surface area (Å²) in [4.78, 5) is 24.0. The number of aromatic nitrogens is 1. The van der Waals surface area contributed by atoms with Gasteiger partial charge in [0.2, 0.25) is 5.69 Å². The zero-order valence-corrected chi connectivity index (χ0v) is 8.12. The molecule has 0 aliphatic heterocycles. The lowest BCUT2D eigenvalue weighted by Crippen LogP contribution is -2.06. The molecule has 0 unspecified atom stereocenters. The van der Waals surface area contributed by atoms with Crippen molar-refractivity contribution in [3.63, 3.8) is 0 Å². The van der Waals surface area contributed by atoms with Crippen molar-refractivity contribution in [2.24, 2.45) is 0 Å². The molecule has 84 valence electrons. The van der Waals surface area contributed by atoms with Gasteiger partial charge in [-0.3, -0.25) is 10.1 Å². The minimum atomic E-state index is -1.43. The number of rotatable bonds is 4. The van der Waals surface area contributed by atoms with Gasteiger partial charge in [0, 0.05) is 0 Å². The Morgan fingerprint density at radius 1 is 1.62 bits per heavy atom. The maximum atomic E-state index is 10.7. The summed E-state index contributed by atoms with van der Waals surface area (Å²) < 4.78 is 5.29. The molecule has 2 rings (SSSR count). The number of hydrogen-bond acceptors (Lipinski definition) is 5. The van der Waals surface area contributed by atoms with Crippen LogP contribution < -0.4 is 4.74 Å². The summed E-state index contributed by atoms with van der Waals surface area (Å²) in [6.07, 6.45) is 3.09. The first kappa shape index (κ1) is 10.3. The van der Waals surface area contributed by atoms with Crippen LogP contribution in [0.15, 0.2) is 12.3 Å². The molecule has 0 amide bonds. The van der Waals surface area contributed by atoms with Crippen molar-refractivity contribution >= 4 is 11.7 Å². The second-order valence-corrected chi connectivity index (χ2v) is 3.42. The van der Waals surface area contributed by atoms with Gasteiger partial charge in [-0.15, -0.1) is 0 Å². The molecule has 0 spiro atoms. The second-order valence-electron chi connectivity index (χ2n) is 3.42. The van der Waals surface area contributed by atoms with Crippen LogP contribution in [0.2, 0.25) is 0 Å². The van der Waals surface area contributed by atoms with E-state index in [0.29, 0.717) is 0 Å². The minimum Gasteiger partial charge on any atom is -0.489 e. The number of hydrogen-bond donors (Lipinski definition) is 1. The summed E-state index contributed by atoms with van der Waals surface area (Å²) >= 11 is 0. The van der Waals surface area contributed by atoms with E-state index < -0.39 is 22.3 Å². The fraction of sp³-hybridized carbons (Fsp3) is 0.333. The van der Waals surface area contributed by atoms with Crippen LogP contribution in [0.1, 0.15) is 23.3 Å². The molecule has 1 aromatic rings. The smallest absolute Gasteiger partial charge is 0.361 e. The molecule has 0 atom stereocenters. The number of pyridine rings is 1. The summed E-state index contributed by atoms with van der Waals surface area (Å²) in [5.74, 6) is -1.19. The van der Waals surface area contributed by atoms with Gasteiger partial charge in [-0.25, -0.2) is 9.78 Å². The van der Waals surface area contributed by atoms with E-state index in [0.717, 1.165) is 18.9 Å². The molecule has 16 heavy (non-hydrogen) atoms. The van der Waals surface area contributed by atoms with E-state index in [2.05, 4.69) is 4.98 Å². The van der Waals surface area contributed by atoms with Crippen molar-refractivity contribution in [2.75, 3.05) is 0 Å². The second kappa shape index (κ2) is 3.76. The van der Waals surface area contributed by atoms with Crippen LogP contribution in [-0.4, -0.2) is 27.1 Å². The molecule has 1 aliphatic carbocycles. The van der Waals surface area contributed by atoms with Crippen molar-refractivity contribution in [2.45, 2.75) is 18.9 Å². The predicted octanol–water partition coefficient (Wildman–Crippen LogP) is 1.23. The van der Waals surface area contributed by atoms with E-state index in [1.807, 2.05) is 0 Å². The SMILES string of the molecule is O=C(O)c1ncc(OC2CC2)cc1[N+](=O)[O-]. The average molecular weight is 224 g/mol. The molecule has 0 aromatic carbocycles. The zero-order chi connectivity index (χ0) is 11.7. The highest BCUT2D eigenvalue weighted by Crippen LogP contribution is 2.29. The van der Waals surface area contributed by atoms with Crippen LogP contribution >= 0.6 is 0 Å². The van der Waals surface area contributed by atoms with Crippen LogP contribution in [0.25, 0.3) is 0 Å². The number of carbonyl (C=O) groups is 1. The molecule has 1 aromatic heterocycles.